The molecule has 0 saturated heterocycles. The van der Waals surface area contributed by atoms with Crippen LogP contribution in [0.3, 0.4) is 0 Å². The summed E-state index contributed by atoms with van der Waals surface area (Å²) >= 11 is 0. The maximum absolute atomic E-state index is 4.07. The number of nitrogens with one attached hydrogen (secondary N) is 1. The van der Waals surface area contributed by atoms with E-state index in [0.29, 0.717) is 6.04 Å². The lowest BCUT2D eigenvalue weighted by Crippen LogP contribution is -2.35. The summed E-state index contributed by atoms with van der Waals surface area (Å²) in [4.78, 5) is 4.07. The minimum atomic E-state index is 0.521. The minimum Gasteiger partial charge on any atom is -0.336 e. The molecule has 3 heteroatoms. The van der Waals surface area contributed by atoms with E-state index >= 15 is 0 Å². The average Bonchev–Trinajstić information content (AvgIpc) is 3.02. The first kappa shape index (κ1) is 11.0. The summed E-state index contributed by atoms with van der Waals surface area (Å²) in [5, 5.41) is 3.67. The van der Waals surface area contributed by atoms with Gasteiger partial charge in [0.15, 0.2) is 0 Å². The number of nitrogens with zero attached hydrogens (tertiary/aromatic N) is 2. The molecule has 0 aliphatic heterocycles. The van der Waals surface area contributed by atoms with Crippen LogP contribution in [0.5, 0.6) is 0 Å². The molecule has 0 amide bonds. The molecule has 1 heterocycles. The second kappa shape index (κ2) is 4.65. The number of aromatic nitrogens is 2. The van der Waals surface area contributed by atoms with Gasteiger partial charge in [-0.3, -0.25) is 0 Å². The highest BCUT2D eigenvalue weighted by molar-refractivity contribution is 5.10. The molecule has 0 spiro atoms. The molecular weight excluding hydrogens is 210 g/mol. The zero-order valence-corrected chi connectivity index (χ0v) is 10.4. The van der Waals surface area contributed by atoms with Crippen LogP contribution >= 0.6 is 0 Å². The number of rotatable bonds is 5. The fourth-order valence-corrected chi connectivity index (χ4v) is 3.26. The monoisotopic (exact) mass is 231 g/mol. The molecule has 1 fully saturated rings. The van der Waals surface area contributed by atoms with Crippen molar-refractivity contribution in [2.24, 2.45) is 17.8 Å². The summed E-state index contributed by atoms with van der Waals surface area (Å²) in [6.45, 7) is 4.43. The summed E-state index contributed by atoms with van der Waals surface area (Å²) in [5.74, 6) is 2.61. The Morgan fingerprint density at radius 1 is 1.41 bits per heavy atom. The SMILES string of the molecule is CC(Cn1ccnc1)NCC1CC2C=CC1C2. The van der Waals surface area contributed by atoms with Gasteiger partial charge in [-0.05, 0) is 44.1 Å². The predicted molar refractivity (Wildman–Crippen MR) is 68.5 cm³/mol. The van der Waals surface area contributed by atoms with Crippen LogP contribution in [0, 0.1) is 17.8 Å². The lowest BCUT2D eigenvalue weighted by atomic mass is 9.93. The molecule has 2 aliphatic rings. The molecule has 1 N–H and O–H groups in total. The van der Waals surface area contributed by atoms with Gasteiger partial charge in [0.05, 0.1) is 6.33 Å². The van der Waals surface area contributed by atoms with Crippen LogP contribution in [-0.2, 0) is 6.54 Å². The zero-order chi connectivity index (χ0) is 11.7. The number of allylic oxidation sites excluding steroid dienone is 2. The van der Waals surface area contributed by atoms with E-state index in [2.05, 4.69) is 33.9 Å². The topological polar surface area (TPSA) is 29.9 Å². The normalized spacial score (nSPS) is 32.2. The second-order valence-corrected chi connectivity index (χ2v) is 5.61. The van der Waals surface area contributed by atoms with Crippen molar-refractivity contribution in [2.45, 2.75) is 32.4 Å². The second-order valence-electron chi connectivity index (χ2n) is 5.61. The van der Waals surface area contributed by atoms with Crippen molar-refractivity contribution in [1.29, 1.82) is 0 Å². The van der Waals surface area contributed by atoms with E-state index in [1.54, 1.807) is 0 Å². The molecule has 2 aliphatic carbocycles. The van der Waals surface area contributed by atoms with E-state index in [-0.39, 0.29) is 0 Å². The van der Waals surface area contributed by atoms with Crippen LogP contribution in [0.4, 0.5) is 0 Å². The Balaban J connectivity index is 1.44. The highest BCUT2D eigenvalue weighted by Gasteiger charge is 2.35. The molecule has 17 heavy (non-hydrogen) atoms. The van der Waals surface area contributed by atoms with E-state index < -0.39 is 0 Å². The summed E-state index contributed by atoms with van der Waals surface area (Å²) in [6.07, 6.45) is 13.4. The summed E-state index contributed by atoms with van der Waals surface area (Å²) in [5.41, 5.74) is 0. The van der Waals surface area contributed by atoms with E-state index in [4.69, 9.17) is 0 Å². The van der Waals surface area contributed by atoms with Crippen molar-refractivity contribution in [3.63, 3.8) is 0 Å². The van der Waals surface area contributed by atoms with E-state index in [9.17, 15) is 0 Å². The Labute approximate surface area is 103 Å². The van der Waals surface area contributed by atoms with Gasteiger partial charge in [-0.15, -0.1) is 0 Å². The summed E-state index contributed by atoms with van der Waals surface area (Å²) in [7, 11) is 0. The van der Waals surface area contributed by atoms with Gasteiger partial charge in [0.2, 0.25) is 0 Å². The van der Waals surface area contributed by atoms with Crippen LogP contribution < -0.4 is 5.32 Å². The standard InChI is InChI=1S/C14H21N3/c1-11(9-17-5-4-15-10-17)16-8-14-7-12-2-3-13(14)6-12/h2-5,10-14,16H,6-9H2,1H3. The molecule has 1 aromatic rings. The molecule has 4 atom stereocenters. The minimum absolute atomic E-state index is 0.521. The molecule has 1 saturated carbocycles. The van der Waals surface area contributed by atoms with Gasteiger partial charge in [0.25, 0.3) is 0 Å². The Hall–Kier alpha value is -1.09. The molecule has 0 aromatic carbocycles. The van der Waals surface area contributed by atoms with Crippen LogP contribution in [0.2, 0.25) is 0 Å². The Morgan fingerprint density at radius 3 is 3.00 bits per heavy atom. The molecule has 3 nitrogen and oxygen atoms in total. The third-order valence-electron chi connectivity index (χ3n) is 4.19. The van der Waals surface area contributed by atoms with Crippen molar-refractivity contribution in [2.75, 3.05) is 6.54 Å². The van der Waals surface area contributed by atoms with Crippen LogP contribution in [-0.4, -0.2) is 22.1 Å². The first-order chi connectivity index (χ1) is 8.31. The fraction of sp³-hybridized carbons (Fsp3) is 0.643. The smallest absolute Gasteiger partial charge is 0.0946 e. The lowest BCUT2D eigenvalue weighted by molar-refractivity contribution is 0.373. The largest absolute Gasteiger partial charge is 0.336 e. The van der Waals surface area contributed by atoms with Crippen molar-refractivity contribution in [1.82, 2.24) is 14.9 Å². The number of hydrogen-bond donors (Lipinski definition) is 1. The van der Waals surface area contributed by atoms with Gasteiger partial charge < -0.3 is 9.88 Å². The first-order valence-corrected chi connectivity index (χ1v) is 6.68. The molecule has 92 valence electrons. The number of fused-ring (bicyclic) bond motifs is 2. The average molecular weight is 231 g/mol. The van der Waals surface area contributed by atoms with E-state index in [1.807, 2.05) is 18.7 Å². The van der Waals surface area contributed by atoms with Gasteiger partial charge in [-0.1, -0.05) is 12.2 Å². The molecule has 4 unspecified atom stereocenters. The number of imidazole rings is 1. The Bertz CT molecular complexity index is 382. The van der Waals surface area contributed by atoms with E-state index in [1.165, 1.54) is 19.4 Å². The molecule has 3 rings (SSSR count). The van der Waals surface area contributed by atoms with Gasteiger partial charge >= 0.3 is 0 Å². The molecule has 2 bridgehead atoms. The highest BCUT2D eigenvalue weighted by Crippen LogP contribution is 2.42. The fourth-order valence-electron chi connectivity index (χ4n) is 3.26. The van der Waals surface area contributed by atoms with Crippen molar-refractivity contribution in [3.8, 4) is 0 Å². The van der Waals surface area contributed by atoms with E-state index in [0.717, 1.165) is 24.3 Å². The molecule has 1 aromatic heterocycles. The van der Waals surface area contributed by atoms with Crippen molar-refractivity contribution < 1.29 is 0 Å². The highest BCUT2D eigenvalue weighted by atomic mass is 15.1. The molecule has 0 radical (unpaired) electrons. The first-order valence-electron chi connectivity index (χ1n) is 6.68. The maximum atomic E-state index is 4.07. The van der Waals surface area contributed by atoms with Gasteiger partial charge in [-0.25, -0.2) is 4.98 Å². The van der Waals surface area contributed by atoms with Gasteiger partial charge in [0.1, 0.15) is 0 Å². The zero-order valence-electron chi connectivity index (χ0n) is 10.4. The molecular formula is C14H21N3. The van der Waals surface area contributed by atoms with Crippen LogP contribution in [0.15, 0.2) is 30.9 Å². The van der Waals surface area contributed by atoms with Gasteiger partial charge in [-0.2, -0.15) is 0 Å². The Kier molecular flexibility index (Phi) is 3.02. The Morgan fingerprint density at radius 2 is 2.35 bits per heavy atom. The summed E-state index contributed by atoms with van der Waals surface area (Å²) in [6, 6.07) is 0.521. The van der Waals surface area contributed by atoms with Crippen molar-refractivity contribution in [3.05, 3.63) is 30.9 Å². The third-order valence-corrected chi connectivity index (χ3v) is 4.19. The van der Waals surface area contributed by atoms with Crippen molar-refractivity contribution >= 4 is 0 Å². The third kappa shape index (κ3) is 2.44. The number of hydrogen-bond acceptors (Lipinski definition) is 2. The quantitative estimate of drug-likeness (QED) is 0.786. The van der Waals surface area contributed by atoms with Crippen LogP contribution in [0.25, 0.3) is 0 Å². The predicted octanol–water partition coefficient (Wildman–Crippen LogP) is 2.07. The maximum Gasteiger partial charge on any atom is 0.0946 e. The summed E-state index contributed by atoms with van der Waals surface area (Å²) < 4.78 is 2.14. The lowest BCUT2D eigenvalue weighted by Gasteiger charge is -2.22. The van der Waals surface area contributed by atoms with Crippen LogP contribution in [0.1, 0.15) is 19.8 Å². The van der Waals surface area contributed by atoms with Gasteiger partial charge in [0, 0.05) is 25.0 Å².